The van der Waals surface area contributed by atoms with Gasteiger partial charge in [-0.3, -0.25) is 4.79 Å². The lowest BCUT2D eigenvalue weighted by Gasteiger charge is -2.21. The monoisotopic (exact) mass is 365 g/mol. The molecule has 0 saturated heterocycles. The topological polar surface area (TPSA) is 38.8 Å². The van der Waals surface area contributed by atoms with Crippen molar-refractivity contribution in [2.24, 2.45) is 0 Å². The highest BCUT2D eigenvalue weighted by molar-refractivity contribution is 7.99. The summed E-state index contributed by atoms with van der Waals surface area (Å²) in [6.45, 7) is 1.45. The van der Waals surface area contributed by atoms with Crippen molar-refractivity contribution in [3.8, 4) is 11.5 Å². The van der Waals surface area contributed by atoms with Crippen LogP contribution in [-0.2, 0) is 6.54 Å². The van der Waals surface area contributed by atoms with E-state index < -0.39 is 5.76 Å². The minimum absolute atomic E-state index is 0.177. The van der Waals surface area contributed by atoms with Crippen molar-refractivity contribution in [1.82, 2.24) is 4.90 Å². The summed E-state index contributed by atoms with van der Waals surface area (Å²) < 4.78 is 35.7. The number of carbonyl (C=O) groups is 1. The zero-order chi connectivity index (χ0) is 17.8. The van der Waals surface area contributed by atoms with Gasteiger partial charge in [-0.25, -0.2) is 0 Å². The van der Waals surface area contributed by atoms with Crippen LogP contribution in [0, 0.1) is 0 Å². The predicted molar refractivity (Wildman–Crippen MR) is 91.5 cm³/mol. The third-order valence-corrected chi connectivity index (χ3v) is 4.42. The first-order valence-electron chi connectivity index (χ1n) is 7.72. The van der Waals surface area contributed by atoms with Crippen LogP contribution in [-0.4, -0.2) is 36.8 Å². The summed E-state index contributed by atoms with van der Waals surface area (Å²) in [4.78, 5) is 14.5. The van der Waals surface area contributed by atoms with Crippen LogP contribution < -0.4 is 9.47 Å². The Kier molecular flexibility index (Phi) is 5.43. The number of rotatable bonds is 5. The molecular weight excluding hydrogens is 348 g/mol. The van der Waals surface area contributed by atoms with E-state index in [-0.39, 0.29) is 5.91 Å². The van der Waals surface area contributed by atoms with Gasteiger partial charge >= 0.3 is 0 Å². The molecule has 3 rings (SSSR count). The molecule has 0 spiro atoms. The van der Waals surface area contributed by atoms with E-state index in [2.05, 4.69) is 0 Å². The number of hydrogen-bond acceptors (Lipinski definition) is 4. The van der Waals surface area contributed by atoms with Crippen molar-refractivity contribution in [2.45, 2.75) is 17.2 Å². The summed E-state index contributed by atoms with van der Waals surface area (Å²) in [6, 6.07) is 11.8. The van der Waals surface area contributed by atoms with Gasteiger partial charge in [0.05, 0.1) is 0 Å². The molecule has 1 heterocycles. The van der Waals surface area contributed by atoms with Gasteiger partial charge in [0.15, 0.2) is 11.5 Å². The zero-order valence-corrected chi connectivity index (χ0v) is 14.4. The van der Waals surface area contributed by atoms with E-state index in [9.17, 15) is 13.6 Å². The molecule has 0 bridgehead atoms. The molecule has 0 saturated carbocycles. The van der Waals surface area contributed by atoms with Crippen LogP contribution in [0.4, 0.5) is 8.78 Å². The fraction of sp³-hybridized carbons (Fsp3) is 0.278. The molecule has 2 aromatic carbocycles. The maximum Gasteiger partial charge on any atom is 0.288 e. The fourth-order valence-corrected chi connectivity index (χ4v) is 3.03. The molecule has 0 N–H and O–H groups in total. The summed E-state index contributed by atoms with van der Waals surface area (Å²) >= 11 is 0.459. The number of fused-ring (bicyclic) bond motifs is 1. The van der Waals surface area contributed by atoms with Crippen molar-refractivity contribution in [2.75, 3.05) is 20.3 Å². The van der Waals surface area contributed by atoms with E-state index >= 15 is 0 Å². The smallest absolute Gasteiger partial charge is 0.288 e. The SMILES string of the molecule is CN(Cc1ccc2c(c1)OCCO2)C(=O)c1ccc(SC(F)F)cc1. The number of benzene rings is 2. The highest BCUT2D eigenvalue weighted by Crippen LogP contribution is 2.31. The van der Waals surface area contributed by atoms with E-state index in [0.29, 0.717) is 53.5 Å². The number of halogens is 2. The second-order valence-corrected chi connectivity index (χ2v) is 6.61. The van der Waals surface area contributed by atoms with Crippen LogP contribution in [0.3, 0.4) is 0 Å². The summed E-state index contributed by atoms with van der Waals surface area (Å²) in [5.41, 5.74) is 1.38. The number of nitrogens with zero attached hydrogens (tertiary/aromatic N) is 1. The Hall–Kier alpha value is -2.28. The molecule has 0 fully saturated rings. The minimum atomic E-state index is -2.47. The van der Waals surface area contributed by atoms with Crippen LogP contribution in [0.2, 0.25) is 0 Å². The molecule has 0 radical (unpaired) electrons. The maximum atomic E-state index is 12.5. The van der Waals surface area contributed by atoms with Gasteiger partial charge in [-0.15, -0.1) is 0 Å². The van der Waals surface area contributed by atoms with Crippen molar-refractivity contribution >= 4 is 17.7 Å². The highest BCUT2D eigenvalue weighted by Gasteiger charge is 2.16. The van der Waals surface area contributed by atoms with Crippen molar-refractivity contribution in [3.05, 3.63) is 53.6 Å². The second-order valence-electron chi connectivity index (χ2n) is 5.54. The molecule has 0 atom stereocenters. The number of carbonyl (C=O) groups excluding carboxylic acids is 1. The maximum absolute atomic E-state index is 12.5. The molecule has 1 amide bonds. The van der Waals surface area contributed by atoms with Gasteiger partial charge in [-0.1, -0.05) is 17.8 Å². The first-order chi connectivity index (χ1) is 12.0. The van der Waals surface area contributed by atoms with E-state index in [0.717, 1.165) is 5.56 Å². The largest absolute Gasteiger partial charge is 0.486 e. The van der Waals surface area contributed by atoms with Crippen molar-refractivity contribution < 1.29 is 23.0 Å². The summed E-state index contributed by atoms with van der Waals surface area (Å²) in [6.07, 6.45) is 0. The predicted octanol–water partition coefficient (Wildman–Crippen LogP) is 4.04. The van der Waals surface area contributed by atoms with E-state index in [1.807, 2.05) is 18.2 Å². The zero-order valence-electron chi connectivity index (χ0n) is 13.6. The van der Waals surface area contributed by atoms with E-state index in [4.69, 9.17) is 9.47 Å². The normalized spacial score (nSPS) is 13.0. The lowest BCUT2D eigenvalue weighted by atomic mass is 10.1. The molecule has 1 aliphatic rings. The van der Waals surface area contributed by atoms with Gasteiger partial charge < -0.3 is 14.4 Å². The fourth-order valence-electron chi connectivity index (χ4n) is 2.53. The Labute approximate surface area is 148 Å². The molecule has 0 aliphatic carbocycles. The highest BCUT2D eigenvalue weighted by atomic mass is 32.2. The average Bonchev–Trinajstić information content (AvgIpc) is 2.61. The summed E-state index contributed by atoms with van der Waals surface area (Å²) in [5.74, 6) is -1.27. The first kappa shape index (κ1) is 17.5. The molecule has 0 aromatic heterocycles. The van der Waals surface area contributed by atoms with Gasteiger partial charge in [-0.2, -0.15) is 8.78 Å². The Balaban J connectivity index is 1.66. The standard InChI is InChI=1S/C18H17F2NO3S/c1-21(11-12-2-7-15-16(10-12)24-9-8-23-15)17(22)13-3-5-14(6-4-13)25-18(19)20/h2-7,10,18H,8-9,11H2,1H3. The van der Waals surface area contributed by atoms with Gasteiger partial charge in [0.25, 0.3) is 11.7 Å². The number of ether oxygens (including phenoxy) is 2. The number of amides is 1. The second kappa shape index (κ2) is 7.74. The third-order valence-electron chi connectivity index (χ3n) is 3.70. The van der Waals surface area contributed by atoms with Gasteiger partial charge in [-0.05, 0) is 42.0 Å². The van der Waals surface area contributed by atoms with Gasteiger partial charge in [0.1, 0.15) is 13.2 Å². The lowest BCUT2D eigenvalue weighted by Crippen LogP contribution is -2.26. The Morgan fingerprint density at radius 1 is 1.12 bits per heavy atom. The van der Waals surface area contributed by atoms with E-state index in [1.54, 1.807) is 24.1 Å². The Bertz CT molecular complexity index is 752. The third kappa shape index (κ3) is 4.42. The summed E-state index contributed by atoms with van der Waals surface area (Å²) in [7, 11) is 1.70. The van der Waals surface area contributed by atoms with Crippen LogP contribution in [0.1, 0.15) is 15.9 Å². The Morgan fingerprint density at radius 3 is 2.48 bits per heavy atom. The molecule has 7 heteroatoms. The van der Waals surface area contributed by atoms with Gasteiger partial charge in [0, 0.05) is 24.1 Å². The number of thioether (sulfide) groups is 1. The van der Waals surface area contributed by atoms with Crippen LogP contribution in [0.15, 0.2) is 47.4 Å². The molecular formula is C18H17F2NO3S. The molecule has 132 valence electrons. The first-order valence-corrected chi connectivity index (χ1v) is 8.60. The quantitative estimate of drug-likeness (QED) is 0.750. The molecule has 25 heavy (non-hydrogen) atoms. The molecule has 4 nitrogen and oxygen atoms in total. The van der Waals surface area contributed by atoms with Gasteiger partial charge in [0.2, 0.25) is 0 Å². The minimum Gasteiger partial charge on any atom is -0.486 e. The van der Waals surface area contributed by atoms with Crippen LogP contribution >= 0.6 is 11.8 Å². The number of hydrogen-bond donors (Lipinski definition) is 0. The lowest BCUT2D eigenvalue weighted by molar-refractivity contribution is 0.0784. The molecule has 1 aliphatic heterocycles. The van der Waals surface area contributed by atoms with Crippen molar-refractivity contribution in [3.63, 3.8) is 0 Å². The van der Waals surface area contributed by atoms with Crippen LogP contribution in [0.5, 0.6) is 11.5 Å². The van der Waals surface area contributed by atoms with Crippen LogP contribution in [0.25, 0.3) is 0 Å². The molecule has 2 aromatic rings. The van der Waals surface area contributed by atoms with Crippen molar-refractivity contribution in [1.29, 1.82) is 0 Å². The molecule has 0 unspecified atom stereocenters. The van der Waals surface area contributed by atoms with E-state index in [1.165, 1.54) is 12.1 Å². The Morgan fingerprint density at radius 2 is 1.80 bits per heavy atom. The summed E-state index contributed by atoms with van der Waals surface area (Å²) in [5, 5.41) is 0. The number of alkyl halides is 2. The average molecular weight is 365 g/mol.